The van der Waals surface area contributed by atoms with Crippen molar-refractivity contribution in [2.75, 3.05) is 0 Å². The first-order valence-corrected chi connectivity index (χ1v) is 9.62. The number of pyridine rings is 1. The van der Waals surface area contributed by atoms with Crippen LogP contribution in [0.1, 0.15) is 29.7 Å². The van der Waals surface area contributed by atoms with E-state index < -0.39 is 11.9 Å². The Balaban J connectivity index is 1.89. The minimum Gasteiger partial charge on any atom is -0.273 e. The fraction of sp³-hybridized carbons (Fsp3) is 0.278. The highest BCUT2D eigenvalue weighted by Crippen LogP contribution is 2.42. The molecular formula is C18H13F3IN5. The molecule has 1 aliphatic carbocycles. The highest BCUT2D eigenvalue weighted by Gasteiger charge is 2.37. The zero-order valence-electron chi connectivity index (χ0n) is 13.9. The summed E-state index contributed by atoms with van der Waals surface area (Å²) in [5, 5.41) is 15.0. The molecule has 1 aromatic carbocycles. The average molecular weight is 483 g/mol. The van der Waals surface area contributed by atoms with E-state index in [1.165, 1.54) is 6.20 Å². The molecule has 0 spiro atoms. The lowest BCUT2D eigenvalue weighted by Gasteiger charge is -2.22. The van der Waals surface area contributed by atoms with E-state index >= 15 is 0 Å². The van der Waals surface area contributed by atoms with Gasteiger partial charge in [0.05, 0.1) is 28.5 Å². The topological polar surface area (TPSA) is 70.2 Å². The molecule has 5 nitrogen and oxygen atoms in total. The van der Waals surface area contributed by atoms with Crippen molar-refractivity contribution in [3.8, 4) is 11.3 Å². The van der Waals surface area contributed by atoms with Crippen molar-refractivity contribution in [3.63, 3.8) is 0 Å². The molecule has 0 atom stereocenters. The van der Waals surface area contributed by atoms with Gasteiger partial charge in [-0.3, -0.25) is 10.2 Å². The Morgan fingerprint density at radius 3 is 2.48 bits per heavy atom. The lowest BCUT2D eigenvalue weighted by Crippen LogP contribution is -2.11. The SMILES string of the molecule is FC(F)(F)c1[nH]ncc1-c1nc2ccc3n[nH]c(I)c3c2c2c1CCCC2. The largest absolute Gasteiger partial charge is 0.433 e. The number of hydrogen-bond donors (Lipinski definition) is 2. The Morgan fingerprint density at radius 1 is 0.963 bits per heavy atom. The van der Waals surface area contributed by atoms with Gasteiger partial charge in [0.1, 0.15) is 9.39 Å². The predicted molar refractivity (Wildman–Crippen MR) is 103 cm³/mol. The zero-order valence-corrected chi connectivity index (χ0v) is 16.1. The maximum atomic E-state index is 13.4. The Kier molecular flexibility index (Phi) is 3.72. The number of nitrogens with zero attached hydrogens (tertiary/aromatic N) is 3. The van der Waals surface area contributed by atoms with Crippen molar-refractivity contribution >= 4 is 44.4 Å². The summed E-state index contributed by atoms with van der Waals surface area (Å²) < 4.78 is 41.2. The van der Waals surface area contributed by atoms with Gasteiger partial charge >= 0.3 is 6.18 Å². The fourth-order valence-corrected chi connectivity index (χ4v) is 4.66. The first-order valence-electron chi connectivity index (χ1n) is 8.54. The molecule has 9 heteroatoms. The first-order chi connectivity index (χ1) is 12.9. The molecule has 3 heterocycles. The zero-order chi connectivity index (χ0) is 18.8. The molecule has 138 valence electrons. The number of rotatable bonds is 1. The maximum absolute atomic E-state index is 13.4. The second-order valence-corrected chi connectivity index (χ2v) is 7.75. The molecule has 0 aliphatic heterocycles. The van der Waals surface area contributed by atoms with E-state index in [0.717, 1.165) is 50.4 Å². The van der Waals surface area contributed by atoms with Gasteiger partial charge < -0.3 is 0 Å². The summed E-state index contributed by atoms with van der Waals surface area (Å²) in [6.07, 6.45) is 0.195. The molecular weight excluding hydrogens is 470 g/mol. The van der Waals surface area contributed by atoms with E-state index in [0.29, 0.717) is 17.6 Å². The van der Waals surface area contributed by atoms with E-state index in [1.807, 2.05) is 12.1 Å². The quantitative estimate of drug-likeness (QED) is 0.375. The molecule has 0 amide bonds. The smallest absolute Gasteiger partial charge is 0.273 e. The van der Waals surface area contributed by atoms with Gasteiger partial charge in [0.25, 0.3) is 0 Å². The predicted octanol–water partition coefficient (Wildman–Crippen LogP) is 5.00. The van der Waals surface area contributed by atoms with Gasteiger partial charge in [0.2, 0.25) is 0 Å². The number of halogens is 4. The normalized spacial score (nSPS) is 14.8. The van der Waals surface area contributed by atoms with Crippen LogP contribution >= 0.6 is 22.6 Å². The minimum absolute atomic E-state index is 0.0181. The number of nitrogens with one attached hydrogen (secondary N) is 2. The van der Waals surface area contributed by atoms with E-state index in [-0.39, 0.29) is 5.56 Å². The number of aromatic nitrogens is 5. The van der Waals surface area contributed by atoms with Crippen molar-refractivity contribution < 1.29 is 13.2 Å². The molecule has 0 unspecified atom stereocenters. The highest BCUT2D eigenvalue weighted by molar-refractivity contribution is 14.1. The van der Waals surface area contributed by atoms with Gasteiger partial charge in [-0.25, -0.2) is 4.98 Å². The van der Waals surface area contributed by atoms with Gasteiger partial charge in [-0.05, 0) is 71.5 Å². The van der Waals surface area contributed by atoms with Crippen LogP contribution in [0.2, 0.25) is 0 Å². The minimum atomic E-state index is -4.51. The first kappa shape index (κ1) is 17.0. The summed E-state index contributed by atoms with van der Waals surface area (Å²) in [7, 11) is 0. The second kappa shape index (κ2) is 5.91. The van der Waals surface area contributed by atoms with E-state index in [4.69, 9.17) is 0 Å². The molecule has 5 rings (SSSR count). The maximum Gasteiger partial charge on any atom is 0.433 e. The number of H-pyrrole nitrogens is 2. The summed E-state index contributed by atoms with van der Waals surface area (Å²) in [5.74, 6) is 0. The van der Waals surface area contributed by atoms with E-state index in [9.17, 15) is 13.2 Å². The van der Waals surface area contributed by atoms with Crippen molar-refractivity contribution in [1.29, 1.82) is 0 Å². The lowest BCUT2D eigenvalue weighted by atomic mass is 9.85. The van der Waals surface area contributed by atoms with Crippen molar-refractivity contribution in [2.45, 2.75) is 31.9 Å². The van der Waals surface area contributed by atoms with E-state index in [1.54, 1.807) is 0 Å². The number of fused-ring (bicyclic) bond motifs is 5. The summed E-state index contributed by atoms with van der Waals surface area (Å²) >= 11 is 2.20. The van der Waals surface area contributed by atoms with Gasteiger partial charge in [-0.1, -0.05) is 0 Å². The van der Waals surface area contributed by atoms with Crippen LogP contribution in [0.25, 0.3) is 33.1 Å². The van der Waals surface area contributed by atoms with Gasteiger partial charge in [0, 0.05) is 10.8 Å². The van der Waals surface area contributed by atoms with Gasteiger partial charge in [-0.2, -0.15) is 23.4 Å². The molecule has 1 aliphatic rings. The van der Waals surface area contributed by atoms with E-state index in [2.05, 4.69) is 48.0 Å². The summed E-state index contributed by atoms with van der Waals surface area (Å²) in [4.78, 5) is 4.67. The Morgan fingerprint density at radius 2 is 1.70 bits per heavy atom. The third-order valence-corrected chi connectivity index (χ3v) is 5.90. The van der Waals surface area contributed by atoms with Crippen molar-refractivity contribution in [3.05, 3.63) is 38.9 Å². The molecule has 2 N–H and O–H groups in total. The number of aromatic amines is 2. The highest BCUT2D eigenvalue weighted by atomic mass is 127. The third kappa shape index (κ3) is 2.54. The Hall–Kier alpha value is -2.17. The van der Waals surface area contributed by atoms with Crippen LogP contribution in [-0.2, 0) is 19.0 Å². The number of benzene rings is 1. The number of hydrogen-bond acceptors (Lipinski definition) is 3. The third-order valence-electron chi connectivity index (χ3n) is 5.12. The standard InChI is InChI=1S/C18H13F3IN5/c19-18(20,21)16-10(7-23-26-16)15-9-4-2-1-3-8(9)13-11(24-15)5-6-12-14(13)17(22)27-25-12/h5-7H,1-4H2,(H,23,26)(H,25,27). The number of aryl methyl sites for hydroxylation is 1. The van der Waals surface area contributed by atoms with Crippen molar-refractivity contribution in [1.82, 2.24) is 25.4 Å². The molecule has 0 saturated carbocycles. The molecule has 27 heavy (non-hydrogen) atoms. The van der Waals surface area contributed by atoms with Crippen LogP contribution in [0.15, 0.2) is 18.3 Å². The van der Waals surface area contributed by atoms with Crippen molar-refractivity contribution in [2.24, 2.45) is 0 Å². The van der Waals surface area contributed by atoms with Crippen LogP contribution in [-0.4, -0.2) is 25.4 Å². The van der Waals surface area contributed by atoms with Crippen LogP contribution in [0, 0.1) is 3.70 Å². The Labute approximate surface area is 164 Å². The van der Waals surface area contributed by atoms with Crippen LogP contribution in [0.4, 0.5) is 13.2 Å². The van der Waals surface area contributed by atoms with Crippen LogP contribution in [0.5, 0.6) is 0 Å². The van der Waals surface area contributed by atoms with Crippen LogP contribution < -0.4 is 0 Å². The number of alkyl halides is 3. The van der Waals surface area contributed by atoms with Crippen LogP contribution in [0.3, 0.4) is 0 Å². The summed E-state index contributed by atoms with van der Waals surface area (Å²) in [6.45, 7) is 0. The van der Waals surface area contributed by atoms with Gasteiger partial charge in [0.15, 0.2) is 0 Å². The Bertz CT molecular complexity index is 1190. The lowest BCUT2D eigenvalue weighted by molar-refractivity contribution is -0.140. The summed E-state index contributed by atoms with van der Waals surface area (Å²) in [6, 6.07) is 3.68. The monoisotopic (exact) mass is 483 g/mol. The molecule has 0 bridgehead atoms. The summed E-state index contributed by atoms with van der Waals surface area (Å²) in [5.41, 5.74) is 3.06. The fourth-order valence-electron chi connectivity index (χ4n) is 3.99. The van der Waals surface area contributed by atoms with Gasteiger partial charge in [-0.15, -0.1) is 0 Å². The molecule has 0 saturated heterocycles. The molecule has 3 aromatic heterocycles. The second-order valence-electron chi connectivity index (χ2n) is 6.67. The average Bonchev–Trinajstić information content (AvgIpc) is 3.28. The molecule has 4 aromatic rings. The molecule has 0 radical (unpaired) electrons. The molecule has 0 fully saturated rings.